The van der Waals surface area contributed by atoms with Crippen LogP contribution < -0.4 is 0 Å². The minimum Gasteiger partial charge on any atom is -0.462 e. The van der Waals surface area contributed by atoms with Crippen molar-refractivity contribution < 1.29 is 68.2 Å². The molecule has 338 valence electrons. The van der Waals surface area contributed by atoms with Crippen molar-refractivity contribution in [3.63, 3.8) is 0 Å². The van der Waals surface area contributed by atoms with Gasteiger partial charge in [0.15, 0.2) is 6.10 Å². The smallest absolute Gasteiger partial charge is 0.462 e. The van der Waals surface area contributed by atoms with Crippen LogP contribution >= 0.6 is 7.82 Å². The molecular weight excluding hydrogens is 771 g/mol. The summed E-state index contributed by atoms with van der Waals surface area (Å²) < 4.78 is 33.4. The molecule has 0 spiro atoms. The van der Waals surface area contributed by atoms with Gasteiger partial charge in [-0.15, -0.1) is 0 Å². The maximum atomic E-state index is 12.8. The average Bonchev–Trinajstić information content (AvgIpc) is 3.19. The van der Waals surface area contributed by atoms with Crippen molar-refractivity contribution in [2.24, 2.45) is 0 Å². The second-order valence-electron chi connectivity index (χ2n) is 15.4. The largest absolute Gasteiger partial charge is 0.472 e. The van der Waals surface area contributed by atoms with Crippen LogP contribution in [0.25, 0.3) is 0 Å². The maximum absolute atomic E-state index is 12.8. The molecule has 58 heavy (non-hydrogen) atoms. The first-order valence-electron chi connectivity index (χ1n) is 21.9. The molecule has 15 heteroatoms. The predicted molar refractivity (Wildman–Crippen MR) is 222 cm³/mol. The minimum atomic E-state index is -5.13. The highest BCUT2D eigenvalue weighted by Gasteiger charge is 2.51. The zero-order valence-corrected chi connectivity index (χ0v) is 36.1. The van der Waals surface area contributed by atoms with Crippen LogP contribution in [0, 0.1) is 0 Å². The number of ether oxygens (including phenoxy) is 2. The standard InChI is InChI=1S/C43H77O14P/c1-3-5-7-8-9-10-11-12-13-16-20-23-27-31-37(46)56-35(33-55-58(52,53)57-43-41(50)39(48)38(47)40(49)42(43)51)32-54-36(45)30-26-22-19-17-14-15-18-21-25-29-34(44)28-24-6-4-2/h6,18,21,24-25,29,34-35,38-44,47-51H,3-5,7-17,19-20,22-23,26-28,30-33H2,1-2H3,(H,52,53)/b21-18+,24-6+,29-25+/t34?,35-,38?,39-,40+,41-,42-,43?/m1/s1. The Labute approximate surface area is 347 Å². The van der Waals surface area contributed by atoms with Gasteiger partial charge in [-0.25, -0.2) is 4.57 Å². The Morgan fingerprint density at radius 2 is 1.12 bits per heavy atom. The van der Waals surface area contributed by atoms with Crippen LogP contribution in [-0.4, -0.2) is 110 Å². The fourth-order valence-corrected chi connectivity index (χ4v) is 7.47. The summed E-state index contributed by atoms with van der Waals surface area (Å²) in [6.07, 6.45) is 19.6. The lowest BCUT2D eigenvalue weighted by atomic mass is 9.85. The minimum absolute atomic E-state index is 0.0839. The molecule has 1 aliphatic rings. The molecule has 0 aliphatic heterocycles. The average molecular weight is 849 g/mol. The van der Waals surface area contributed by atoms with Crippen molar-refractivity contribution >= 4 is 19.8 Å². The molecule has 0 aromatic carbocycles. The summed E-state index contributed by atoms with van der Waals surface area (Å²) in [5, 5.41) is 59.9. The third-order valence-corrected chi connectivity index (χ3v) is 11.1. The van der Waals surface area contributed by atoms with Crippen molar-refractivity contribution in [3.05, 3.63) is 36.5 Å². The van der Waals surface area contributed by atoms with Gasteiger partial charge in [0.2, 0.25) is 0 Å². The van der Waals surface area contributed by atoms with E-state index in [1.54, 1.807) is 6.08 Å². The van der Waals surface area contributed by atoms with Crippen molar-refractivity contribution in [2.75, 3.05) is 13.2 Å². The highest BCUT2D eigenvalue weighted by molar-refractivity contribution is 7.47. The molecule has 1 fully saturated rings. The Kier molecular flexibility index (Phi) is 31.4. The first-order valence-corrected chi connectivity index (χ1v) is 23.4. The van der Waals surface area contributed by atoms with Gasteiger partial charge in [0, 0.05) is 12.8 Å². The number of hydrogen-bond donors (Lipinski definition) is 7. The predicted octanol–water partition coefficient (Wildman–Crippen LogP) is 6.80. The van der Waals surface area contributed by atoms with Gasteiger partial charge in [-0.1, -0.05) is 147 Å². The molecule has 0 amide bonds. The Balaban J connectivity index is 2.51. The van der Waals surface area contributed by atoms with Gasteiger partial charge < -0.3 is 45.0 Å². The quantitative estimate of drug-likeness (QED) is 0.0114. The van der Waals surface area contributed by atoms with E-state index in [2.05, 4.69) is 13.0 Å². The number of esters is 2. The fraction of sp³-hybridized carbons (Fsp3) is 0.814. The second-order valence-corrected chi connectivity index (χ2v) is 16.8. The van der Waals surface area contributed by atoms with Gasteiger partial charge in [-0.2, -0.15) is 0 Å². The molecule has 1 saturated carbocycles. The van der Waals surface area contributed by atoms with E-state index < -0.39 is 81.8 Å². The molecule has 0 radical (unpaired) electrons. The van der Waals surface area contributed by atoms with Gasteiger partial charge in [-0.05, 0) is 38.5 Å². The summed E-state index contributed by atoms with van der Waals surface area (Å²) in [6.45, 7) is 3.05. The Morgan fingerprint density at radius 3 is 1.67 bits per heavy atom. The second kappa shape index (κ2) is 33.7. The van der Waals surface area contributed by atoms with Gasteiger partial charge in [0.1, 0.15) is 43.2 Å². The number of phosphoric ester groups is 1. The normalized spacial score (nSPS) is 23.4. The molecular formula is C43H77O14P. The van der Waals surface area contributed by atoms with Crippen LogP contribution in [0.15, 0.2) is 36.5 Å². The van der Waals surface area contributed by atoms with E-state index >= 15 is 0 Å². The zero-order valence-electron chi connectivity index (χ0n) is 35.2. The van der Waals surface area contributed by atoms with Crippen LogP contribution in [0.2, 0.25) is 0 Å². The molecule has 0 saturated heterocycles. The summed E-state index contributed by atoms with van der Waals surface area (Å²) >= 11 is 0. The topological polar surface area (TPSA) is 230 Å². The van der Waals surface area contributed by atoms with E-state index in [4.69, 9.17) is 18.5 Å². The van der Waals surface area contributed by atoms with E-state index in [1.807, 2.05) is 31.2 Å². The maximum Gasteiger partial charge on any atom is 0.472 e. The van der Waals surface area contributed by atoms with Crippen LogP contribution in [0.3, 0.4) is 0 Å². The molecule has 9 atom stereocenters. The number of allylic oxidation sites excluding steroid dienone is 4. The molecule has 0 aromatic heterocycles. The van der Waals surface area contributed by atoms with Crippen molar-refractivity contribution in [3.8, 4) is 0 Å². The Morgan fingerprint density at radius 1 is 0.621 bits per heavy atom. The first kappa shape index (κ1) is 54.0. The van der Waals surface area contributed by atoms with Gasteiger partial charge in [0.25, 0.3) is 0 Å². The molecule has 1 rings (SSSR count). The fourth-order valence-electron chi connectivity index (χ4n) is 6.50. The van der Waals surface area contributed by atoms with Gasteiger partial charge in [0.05, 0.1) is 12.7 Å². The summed E-state index contributed by atoms with van der Waals surface area (Å²) in [7, 11) is -5.13. The lowest BCUT2D eigenvalue weighted by Gasteiger charge is -2.41. The number of phosphoric acid groups is 1. The summed E-state index contributed by atoms with van der Waals surface area (Å²) in [4.78, 5) is 35.6. The lowest BCUT2D eigenvalue weighted by Crippen LogP contribution is -2.64. The Hall–Kier alpha value is -1.97. The first-order chi connectivity index (χ1) is 27.8. The number of carbonyl (C=O) groups is 2. The van der Waals surface area contributed by atoms with Crippen molar-refractivity contribution in [1.29, 1.82) is 0 Å². The van der Waals surface area contributed by atoms with Gasteiger partial charge >= 0.3 is 19.8 Å². The number of rotatable bonds is 35. The number of aliphatic hydroxyl groups is 6. The molecule has 0 heterocycles. The molecule has 14 nitrogen and oxygen atoms in total. The van der Waals surface area contributed by atoms with Crippen molar-refractivity contribution in [1.82, 2.24) is 0 Å². The molecule has 7 N–H and O–H groups in total. The highest BCUT2D eigenvalue weighted by atomic mass is 31.2. The van der Waals surface area contributed by atoms with E-state index in [9.17, 15) is 49.7 Å². The molecule has 0 bridgehead atoms. The zero-order chi connectivity index (χ0) is 43.0. The summed E-state index contributed by atoms with van der Waals surface area (Å²) in [6, 6.07) is 0. The third kappa shape index (κ3) is 26.3. The third-order valence-electron chi connectivity index (χ3n) is 10.1. The highest BCUT2D eigenvalue weighted by Crippen LogP contribution is 2.47. The SMILES string of the molecule is CC/C=C/CC(O)/C=C/C=C/CCCCCCCC(=O)OC[C@H](COP(=O)(O)OC1[C@H](O)[C@H](O)C(O)[C@H](O)[C@H]1O)OC(=O)CCCCCCCCCCCCCCC. The molecule has 4 unspecified atom stereocenters. The summed E-state index contributed by atoms with van der Waals surface area (Å²) in [5.74, 6) is -1.15. The number of carbonyl (C=O) groups excluding carboxylic acids is 2. The molecule has 0 aromatic rings. The van der Waals surface area contributed by atoms with Crippen LogP contribution in [-0.2, 0) is 32.7 Å². The van der Waals surface area contributed by atoms with E-state index in [0.29, 0.717) is 19.3 Å². The van der Waals surface area contributed by atoms with Crippen LogP contribution in [0.4, 0.5) is 0 Å². The molecule has 1 aliphatic carbocycles. The van der Waals surface area contributed by atoms with Crippen molar-refractivity contribution in [2.45, 2.75) is 210 Å². The number of aliphatic hydroxyl groups excluding tert-OH is 6. The van der Waals surface area contributed by atoms with E-state index in [1.165, 1.54) is 51.4 Å². The van der Waals surface area contributed by atoms with Crippen LogP contribution in [0.1, 0.15) is 162 Å². The van der Waals surface area contributed by atoms with Gasteiger partial charge in [-0.3, -0.25) is 18.6 Å². The van der Waals surface area contributed by atoms with E-state index in [-0.39, 0.29) is 12.8 Å². The lowest BCUT2D eigenvalue weighted by molar-refractivity contribution is -0.220. The Bertz CT molecular complexity index is 1180. The number of unbranched alkanes of at least 4 members (excludes halogenated alkanes) is 17. The van der Waals surface area contributed by atoms with Crippen LogP contribution in [0.5, 0.6) is 0 Å². The summed E-state index contributed by atoms with van der Waals surface area (Å²) in [5.41, 5.74) is 0. The van der Waals surface area contributed by atoms with E-state index in [0.717, 1.165) is 64.2 Å². The monoisotopic (exact) mass is 849 g/mol. The number of hydrogen-bond acceptors (Lipinski definition) is 13.